The molecule has 7 heteroatoms. The number of thiophene rings is 1. The number of aromatic nitrogens is 6. The molecule has 0 atom stereocenters. The summed E-state index contributed by atoms with van der Waals surface area (Å²) in [5, 5.41) is 14.5. The van der Waals surface area contributed by atoms with Gasteiger partial charge < -0.3 is 0 Å². The fourth-order valence-corrected chi connectivity index (χ4v) is 19.9. The minimum Gasteiger partial charge on any atom is -0.228 e. The van der Waals surface area contributed by atoms with Gasteiger partial charge in [0.25, 0.3) is 0 Å². The highest BCUT2D eigenvalue weighted by Crippen LogP contribution is 2.44. The van der Waals surface area contributed by atoms with E-state index in [0.717, 1.165) is 123 Å². The highest BCUT2D eigenvalue weighted by molar-refractivity contribution is 7.26. The molecule has 0 radical (unpaired) electrons. The molecule has 632 valence electrons. The summed E-state index contributed by atoms with van der Waals surface area (Å²) in [6, 6.07) is 180. The molecule has 4 aromatic heterocycles. The maximum atomic E-state index is 5.24. The molecule has 21 aromatic carbocycles. The fourth-order valence-electron chi connectivity index (χ4n) is 18.6. The summed E-state index contributed by atoms with van der Waals surface area (Å²) >= 11 is 1.86. The molecule has 0 aliphatic carbocycles. The highest BCUT2D eigenvalue weighted by Gasteiger charge is 2.21. The van der Waals surface area contributed by atoms with E-state index in [9.17, 15) is 0 Å². The van der Waals surface area contributed by atoms with Crippen LogP contribution in [0.25, 0.3) is 243 Å². The molecule has 0 fully saturated rings. The SMILES string of the molecule is c1ccc(-c2ccc(-c3cc(-c4cccc(-c5ccc6ccccc6c5)c4)nc(-c4cccc5ccccc45)n3)cc2)cc1.c1ccc(-c2ccc(-c3cc(-c4cccc(-c5cccc6c5sc5ccccc56)c4)nc(-c4cccc5ccccc45)n3)cc2)cc1.c1ccc(-c2ccc(-c3cc(-c4cccc(-c5cccc6ccccc56)c4)nc(-c4cccc5ccccc45)n3)cc2)cc1. The quantitative estimate of drug-likeness (QED) is 0.102. The van der Waals surface area contributed by atoms with Crippen LogP contribution in [0, 0.1) is 0 Å². The summed E-state index contributed by atoms with van der Waals surface area (Å²) in [4.78, 5) is 31.1. The first kappa shape index (κ1) is 81.8. The summed E-state index contributed by atoms with van der Waals surface area (Å²) in [5.74, 6) is 2.16. The number of benzene rings is 21. The first-order valence-corrected chi connectivity index (χ1v) is 46.5. The minimum absolute atomic E-state index is 0.719. The molecule has 0 N–H and O–H groups in total. The van der Waals surface area contributed by atoms with Gasteiger partial charge in [-0.25, -0.2) is 29.9 Å². The van der Waals surface area contributed by atoms with E-state index >= 15 is 0 Å². The Morgan fingerprint density at radius 3 is 0.785 bits per heavy atom. The lowest BCUT2D eigenvalue weighted by Crippen LogP contribution is -1.97. The van der Waals surface area contributed by atoms with Crippen LogP contribution in [0.2, 0.25) is 0 Å². The largest absolute Gasteiger partial charge is 0.228 e. The van der Waals surface area contributed by atoms with E-state index in [1.165, 1.54) is 119 Å². The van der Waals surface area contributed by atoms with E-state index < -0.39 is 0 Å². The number of hydrogen-bond acceptors (Lipinski definition) is 7. The maximum Gasteiger partial charge on any atom is 0.161 e. The van der Waals surface area contributed by atoms with Gasteiger partial charge in [-0.3, -0.25) is 0 Å². The number of nitrogens with zero attached hydrogens (tertiary/aromatic N) is 6. The molecule has 0 spiro atoms. The van der Waals surface area contributed by atoms with Crippen LogP contribution in [0.1, 0.15) is 0 Å². The molecule has 0 bridgehead atoms. The molecule has 0 unspecified atom stereocenters. The van der Waals surface area contributed by atoms with Crippen LogP contribution in [0.4, 0.5) is 0 Å². The van der Waals surface area contributed by atoms with Crippen LogP contribution in [0.3, 0.4) is 0 Å². The van der Waals surface area contributed by atoms with Crippen molar-refractivity contribution >= 4 is 85.4 Å². The Morgan fingerprint density at radius 2 is 0.370 bits per heavy atom. The topological polar surface area (TPSA) is 77.3 Å². The third kappa shape index (κ3) is 17.0. The van der Waals surface area contributed by atoms with Crippen LogP contribution < -0.4 is 0 Å². The zero-order chi connectivity index (χ0) is 89.8. The third-order valence-corrected chi connectivity index (χ3v) is 26.7. The molecular formula is C128H84N6S. The van der Waals surface area contributed by atoms with Crippen molar-refractivity contribution < 1.29 is 0 Å². The molecule has 135 heavy (non-hydrogen) atoms. The Balaban J connectivity index is 0.000000114. The second kappa shape index (κ2) is 36.7. The lowest BCUT2D eigenvalue weighted by atomic mass is 9.96. The predicted octanol–water partition coefficient (Wildman–Crippen LogP) is 34.6. The maximum absolute atomic E-state index is 5.24. The van der Waals surface area contributed by atoms with Crippen molar-refractivity contribution in [1.29, 1.82) is 0 Å². The Morgan fingerprint density at radius 1 is 0.126 bits per heavy atom. The second-order valence-corrected chi connectivity index (χ2v) is 35.0. The van der Waals surface area contributed by atoms with Crippen LogP contribution in [-0.4, -0.2) is 29.9 Å². The smallest absolute Gasteiger partial charge is 0.161 e. The first-order chi connectivity index (χ1) is 66.9. The molecule has 25 rings (SSSR count). The van der Waals surface area contributed by atoms with E-state index in [1.807, 2.05) is 29.5 Å². The summed E-state index contributed by atoms with van der Waals surface area (Å²) in [7, 11) is 0. The second-order valence-electron chi connectivity index (χ2n) is 33.9. The van der Waals surface area contributed by atoms with Gasteiger partial charge in [-0.15, -0.1) is 11.3 Å². The zero-order valence-corrected chi connectivity index (χ0v) is 74.4. The van der Waals surface area contributed by atoms with Crippen LogP contribution in [0.5, 0.6) is 0 Å². The van der Waals surface area contributed by atoms with Gasteiger partial charge in [0, 0.05) is 70.2 Å². The Kier molecular flexibility index (Phi) is 22.3. The van der Waals surface area contributed by atoms with Crippen molar-refractivity contribution in [2.75, 3.05) is 0 Å². The van der Waals surface area contributed by atoms with Crippen molar-refractivity contribution in [3.05, 3.63) is 510 Å². The first-order valence-electron chi connectivity index (χ1n) is 45.7. The van der Waals surface area contributed by atoms with Gasteiger partial charge in [-0.2, -0.15) is 0 Å². The van der Waals surface area contributed by atoms with Crippen LogP contribution >= 0.6 is 11.3 Å². The zero-order valence-electron chi connectivity index (χ0n) is 73.6. The van der Waals surface area contributed by atoms with Crippen molar-refractivity contribution in [2.24, 2.45) is 0 Å². The molecule has 4 heterocycles. The Labute approximate surface area is 787 Å². The van der Waals surface area contributed by atoms with Gasteiger partial charge in [-0.05, 0) is 169 Å². The van der Waals surface area contributed by atoms with E-state index in [2.05, 4.69) is 491 Å². The summed E-state index contributed by atoms with van der Waals surface area (Å²) < 4.78 is 2.62. The Bertz CT molecular complexity index is 8690. The lowest BCUT2D eigenvalue weighted by Gasteiger charge is -2.13. The molecule has 25 aromatic rings. The van der Waals surface area contributed by atoms with Gasteiger partial charge in [0.1, 0.15) is 0 Å². The predicted molar refractivity (Wildman–Crippen MR) is 568 cm³/mol. The van der Waals surface area contributed by atoms with Gasteiger partial charge in [-0.1, -0.05) is 461 Å². The summed E-state index contributed by atoms with van der Waals surface area (Å²) in [6.45, 7) is 0. The molecule has 0 saturated carbocycles. The van der Waals surface area contributed by atoms with Crippen molar-refractivity contribution in [1.82, 2.24) is 29.9 Å². The lowest BCUT2D eigenvalue weighted by molar-refractivity contribution is 1.19. The summed E-state index contributed by atoms with van der Waals surface area (Å²) in [5.41, 5.74) is 29.1. The van der Waals surface area contributed by atoms with Gasteiger partial charge >= 0.3 is 0 Å². The highest BCUT2D eigenvalue weighted by atomic mass is 32.1. The molecule has 0 amide bonds. The van der Waals surface area contributed by atoms with Crippen molar-refractivity contribution in [3.8, 4) is 168 Å². The van der Waals surface area contributed by atoms with Gasteiger partial charge in [0.2, 0.25) is 0 Å². The normalized spacial score (nSPS) is 11.3. The standard InChI is InChI=1S/C44H28N2S.2C42H28N2/c1-2-11-29(12-3-1)30-23-25-32(26-24-30)40-28-41(46-44(45-40)39-21-9-14-31-13-4-5-17-35(31)39)34-16-8-15-33(27-34)36-19-10-20-38-37-18-6-7-22-42(37)47-43(36)38;1-2-11-29(12-3-1)30-23-25-33(26-24-30)40-28-41(44-42(43-40)39-22-10-16-32-14-5-7-20-37(32)39)35-18-8-17-34(27-35)38-21-9-15-31-13-4-6-19-36(31)38;1-2-10-29(11-3-1)31-20-23-33(24-21-31)40-28-41(44-42(43-40)39-19-9-15-32-13-6-7-18-38(32)39)37-17-8-16-35(27-37)36-25-22-30-12-4-5-14-34(30)26-36/h1-28H;2*1-28H. The van der Waals surface area contributed by atoms with Gasteiger partial charge in [0.05, 0.1) is 34.2 Å². The molecule has 0 saturated heterocycles. The third-order valence-electron chi connectivity index (χ3n) is 25.5. The number of fused-ring (bicyclic) bond motifs is 8. The minimum atomic E-state index is 0.719. The van der Waals surface area contributed by atoms with E-state index in [0.29, 0.717) is 0 Å². The average Bonchev–Trinajstić information content (AvgIpc) is 1.12. The summed E-state index contributed by atoms with van der Waals surface area (Å²) in [6.07, 6.45) is 0. The average molecular weight is 1740 g/mol. The molecule has 6 nitrogen and oxygen atoms in total. The van der Waals surface area contributed by atoms with Crippen LogP contribution in [0.15, 0.2) is 510 Å². The van der Waals surface area contributed by atoms with Crippen molar-refractivity contribution in [2.45, 2.75) is 0 Å². The molecule has 0 aliphatic heterocycles. The van der Waals surface area contributed by atoms with E-state index in [-0.39, 0.29) is 0 Å². The fraction of sp³-hybridized carbons (Fsp3) is 0. The van der Waals surface area contributed by atoms with Crippen molar-refractivity contribution in [3.63, 3.8) is 0 Å². The molecule has 0 aliphatic rings. The van der Waals surface area contributed by atoms with Crippen LogP contribution in [-0.2, 0) is 0 Å². The van der Waals surface area contributed by atoms with E-state index in [4.69, 9.17) is 29.9 Å². The van der Waals surface area contributed by atoms with Gasteiger partial charge in [0.15, 0.2) is 17.5 Å². The van der Waals surface area contributed by atoms with E-state index in [1.54, 1.807) is 0 Å². The molecular weight excluding hydrogens is 1650 g/mol. The monoisotopic (exact) mass is 1740 g/mol. The Hall–Kier alpha value is -17.6. The number of hydrogen-bond donors (Lipinski definition) is 0. The number of rotatable bonds is 15.